The van der Waals surface area contributed by atoms with Crippen molar-refractivity contribution in [3.63, 3.8) is 0 Å². The van der Waals surface area contributed by atoms with Gasteiger partial charge in [-0.2, -0.15) is 0 Å². The second kappa shape index (κ2) is 2.63. The summed E-state index contributed by atoms with van der Waals surface area (Å²) in [6, 6.07) is 0. The number of carbonyl (C=O) groups excluding carboxylic acids is 1. The molecule has 9 heavy (non-hydrogen) atoms. The van der Waals surface area contributed by atoms with Gasteiger partial charge in [0.2, 0.25) is 5.76 Å². The van der Waals surface area contributed by atoms with Crippen LogP contribution in [0.25, 0.3) is 0 Å². The molecule has 0 atom stereocenters. The summed E-state index contributed by atoms with van der Waals surface area (Å²) >= 11 is 0.982. The summed E-state index contributed by atoms with van der Waals surface area (Å²) in [7, 11) is 1.30. The number of hydrogen-bond acceptors (Lipinski definition) is 5. The molecule has 1 N–H and O–H groups in total. The van der Waals surface area contributed by atoms with Crippen LogP contribution in [-0.2, 0) is 13.7 Å². The molecule has 0 radical (unpaired) electrons. The summed E-state index contributed by atoms with van der Waals surface area (Å²) in [6.45, 7) is 0. The largest absolute Gasteiger partial charge is 0.463 e. The highest BCUT2D eigenvalue weighted by Crippen LogP contribution is 2.14. The summed E-state index contributed by atoms with van der Waals surface area (Å²) < 4.78 is 11.7. The van der Waals surface area contributed by atoms with E-state index in [0.29, 0.717) is 0 Å². The van der Waals surface area contributed by atoms with Crippen molar-refractivity contribution < 1.29 is 13.7 Å². The Morgan fingerprint density at radius 2 is 2.78 bits per heavy atom. The Balaban J connectivity index is 2.51. The van der Waals surface area contributed by atoms with E-state index in [1.54, 1.807) is 0 Å². The molecule has 0 spiro atoms. The van der Waals surface area contributed by atoms with Crippen LogP contribution in [0.1, 0.15) is 0 Å². The second-order valence-electron chi connectivity index (χ2n) is 1.28. The fourth-order valence-electron chi connectivity index (χ4n) is 0.364. The number of rotatable bonds is 1. The van der Waals surface area contributed by atoms with Crippen molar-refractivity contribution in [2.75, 3.05) is 7.11 Å². The summed E-state index contributed by atoms with van der Waals surface area (Å²) in [5.74, 6) is -0.269. The maximum absolute atomic E-state index is 10.5. The monoisotopic (exact) mass is 147 g/mol. The predicted molar refractivity (Wildman–Crippen MR) is 31.9 cm³/mol. The number of methoxy groups -OCH3 is 1. The smallest absolute Gasteiger partial charge is 0.376 e. The molecular weight excluding hydrogens is 142 g/mol. The van der Waals surface area contributed by atoms with Crippen molar-refractivity contribution in [3.8, 4) is 0 Å². The molecule has 0 amide bonds. The lowest BCUT2D eigenvalue weighted by Gasteiger charge is -1.94. The number of nitrogens with one attached hydrogen (secondary N) is 1. The first-order chi connectivity index (χ1) is 4.34. The quantitative estimate of drug-likeness (QED) is 0.326. The van der Waals surface area contributed by atoms with Crippen molar-refractivity contribution in [2.24, 2.45) is 0 Å². The van der Waals surface area contributed by atoms with Crippen LogP contribution in [0, 0.1) is 0 Å². The molecule has 0 unspecified atom stereocenters. The summed E-state index contributed by atoms with van der Waals surface area (Å²) in [6.07, 6.45) is 1.44. The SMILES string of the molecule is COC(=O)C1=CNSO1. The Hall–Kier alpha value is -0.840. The zero-order chi connectivity index (χ0) is 6.69. The minimum atomic E-state index is -0.465. The minimum Gasteiger partial charge on any atom is -0.463 e. The van der Waals surface area contributed by atoms with Crippen molar-refractivity contribution >= 4 is 18.2 Å². The van der Waals surface area contributed by atoms with Gasteiger partial charge in [-0.15, -0.1) is 0 Å². The van der Waals surface area contributed by atoms with Crippen LogP contribution >= 0.6 is 12.2 Å². The van der Waals surface area contributed by atoms with E-state index in [4.69, 9.17) is 4.18 Å². The molecule has 0 bridgehead atoms. The summed E-state index contributed by atoms with van der Waals surface area (Å²) in [5, 5.41) is 0. The fourth-order valence-corrected chi connectivity index (χ4v) is 0.773. The Labute approximate surface area is 56.5 Å². The van der Waals surface area contributed by atoms with E-state index in [2.05, 4.69) is 9.46 Å². The molecule has 1 rings (SSSR count). The van der Waals surface area contributed by atoms with E-state index in [0.717, 1.165) is 12.2 Å². The first-order valence-corrected chi connectivity index (χ1v) is 2.96. The third-order valence-electron chi connectivity index (χ3n) is 0.756. The molecule has 50 valence electrons. The topological polar surface area (TPSA) is 47.6 Å². The lowest BCUT2D eigenvalue weighted by Crippen LogP contribution is -2.02. The van der Waals surface area contributed by atoms with Crippen LogP contribution in [0.2, 0.25) is 0 Å². The van der Waals surface area contributed by atoms with Gasteiger partial charge in [-0.25, -0.2) is 4.79 Å². The zero-order valence-corrected chi connectivity index (χ0v) is 5.53. The number of hydrogen-bond donors (Lipinski definition) is 1. The van der Waals surface area contributed by atoms with Crippen molar-refractivity contribution in [2.45, 2.75) is 0 Å². The first kappa shape index (κ1) is 6.28. The van der Waals surface area contributed by atoms with E-state index < -0.39 is 5.97 Å². The molecule has 0 saturated heterocycles. The van der Waals surface area contributed by atoms with Crippen LogP contribution in [0.3, 0.4) is 0 Å². The van der Waals surface area contributed by atoms with Gasteiger partial charge in [0.05, 0.1) is 13.3 Å². The van der Waals surface area contributed by atoms with Gasteiger partial charge >= 0.3 is 5.97 Å². The predicted octanol–water partition coefficient (Wildman–Crippen LogP) is 0.184. The number of carbonyl (C=O) groups is 1. The average Bonchev–Trinajstić information content (AvgIpc) is 2.37. The van der Waals surface area contributed by atoms with Crippen LogP contribution in [0.5, 0.6) is 0 Å². The summed E-state index contributed by atoms with van der Waals surface area (Å²) in [5.41, 5.74) is 0. The van der Waals surface area contributed by atoms with E-state index >= 15 is 0 Å². The van der Waals surface area contributed by atoms with E-state index in [1.807, 2.05) is 0 Å². The van der Waals surface area contributed by atoms with Gasteiger partial charge in [0.1, 0.15) is 0 Å². The second-order valence-corrected chi connectivity index (χ2v) is 1.85. The Morgan fingerprint density at radius 3 is 3.22 bits per heavy atom. The Bertz CT molecular complexity index is 156. The van der Waals surface area contributed by atoms with Crippen LogP contribution < -0.4 is 4.72 Å². The van der Waals surface area contributed by atoms with Crippen molar-refractivity contribution in [1.82, 2.24) is 4.72 Å². The maximum atomic E-state index is 10.5. The van der Waals surface area contributed by atoms with Crippen molar-refractivity contribution in [3.05, 3.63) is 12.0 Å². The maximum Gasteiger partial charge on any atom is 0.376 e. The van der Waals surface area contributed by atoms with E-state index in [1.165, 1.54) is 13.3 Å². The van der Waals surface area contributed by atoms with Crippen LogP contribution in [-0.4, -0.2) is 13.1 Å². The normalized spacial score (nSPS) is 15.4. The molecule has 0 aromatic rings. The average molecular weight is 147 g/mol. The first-order valence-electron chi connectivity index (χ1n) is 2.22. The van der Waals surface area contributed by atoms with Crippen molar-refractivity contribution in [1.29, 1.82) is 0 Å². The minimum absolute atomic E-state index is 0.197. The Morgan fingerprint density at radius 1 is 2.00 bits per heavy atom. The lowest BCUT2D eigenvalue weighted by atomic mass is 10.5. The molecule has 0 aliphatic carbocycles. The van der Waals surface area contributed by atoms with Gasteiger partial charge in [0, 0.05) is 0 Å². The third kappa shape index (κ3) is 1.29. The zero-order valence-electron chi connectivity index (χ0n) is 4.71. The highest BCUT2D eigenvalue weighted by molar-refractivity contribution is 7.93. The molecular formula is C4H5NO3S. The lowest BCUT2D eigenvalue weighted by molar-refractivity contribution is -0.138. The van der Waals surface area contributed by atoms with Gasteiger partial charge in [-0.05, 0) is 0 Å². The highest BCUT2D eigenvalue weighted by atomic mass is 32.2. The molecule has 1 heterocycles. The fraction of sp³-hybridized carbons (Fsp3) is 0.250. The molecule has 1 aliphatic heterocycles. The van der Waals surface area contributed by atoms with Gasteiger partial charge in [0.15, 0.2) is 12.2 Å². The number of esters is 1. The molecule has 0 saturated carbocycles. The van der Waals surface area contributed by atoms with Gasteiger partial charge in [-0.3, -0.25) is 4.72 Å². The Kier molecular flexibility index (Phi) is 1.84. The molecule has 0 aromatic heterocycles. The van der Waals surface area contributed by atoms with Gasteiger partial charge in [-0.1, -0.05) is 0 Å². The van der Waals surface area contributed by atoms with E-state index in [9.17, 15) is 4.79 Å². The third-order valence-corrected chi connectivity index (χ3v) is 1.23. The van der Waals surface area contributed by atoms with Gasteiger partial charge < -0.3 is 8.92 Å². The molecule has 0 fully saturated rings. The van der Waals surface area contributed by atoms with Crippen LogP contribution in [0.15, 0.2) is 12.0 Å². The van der Waals surface area contributed by atoms with E-state index in [-0.39, 0.29) is 5.76 Å². The molecule has 4 nitrogen and oxygen atoms in total. The molecule has 5 heteroatoms. The molecule has 0 aromatic carbocycles. The highest BCUT2D eigenvalue weighted by Gasteiger charge is 2.15. The molecule has 1 aliphatic rings. The standard InChI is InChI=1S/C4H5NO3S/c1-7-4(6)3-2-5-9-8-3/h2,5H,1H3. The summed E-state index contributed by atoms with van der Waals surface area (Å²) in [4.78, 5) is 10.5. The van der Waals surface area contributed by atoms with Gasteiger partial charge in [0.25, 0.3) is 0 Å². The van der Waals surface area contributed by atoms with Crippen LogP contribution in [0.4, 0.5) is 0 Å². The number of ether oxygens (including phenoxy) is 1.